The topological polar surface area (TPSA) is 92.8 Å². The zero-order valence-corrected chi connectivity index (χ0v) is 18.5. The van der Waals surface area contributed by atoms with Crippen LogP contribution in [0.4, 0.5) is 14.5 Å². The highest BCUT2D eigenvalue weighted by atomic mass is 32.2. The lowest BCUT2D eigenvalue weighted by Crippen LogP contribution is -2.42. The van der Waals surface area contributed by atoms with Crippen LogP contribution in [-0.2, 0) is 19.6 Å². The first-order valence-corrected chi connectivity index (χ1v) is 11.5. The molecule has 7 nitrogen and oxygen atoms in total. The Kier molecular flexibility index (Phi) is 7.25. The number of carbonyl (C=O) groups is 2. The van der Waals surface area contributed by atoms with Crippen molar-refractivity contribution in [1.82, 2.24) is 4.31 Å². The number of anilines is 1. The number of benzene rings is 2. The predicted molar refractivity (Wildman–Crippen MR) is 113 cm³/mol. The summed E-state index contributed by atoms with van der Waals surface area (Å²) >= 11 is 0. The standard InChI is InChI=1S/C22H24F2N2O5S/c1-14-8-15(2)12-26(11-14)32(29,30)18-5-3-4-16(9-18)22(28)31-13-21(27)25-17-6-7-19(23)20(24)10-17/h3-7,9-10,14-15H,8,11-13H2,1-2H3,(H,25,27). The first-order valence-electron chi connectivity index (χ1n) is 10.1. The minimum atomic E-state index is -3.78. The number of carbonyl (C=O) groups excluding carboxylic acids is 2. The Hall–Kier alpha value is -2.85. The number of hydrogen-bond donors (Lipinski definition) is 1. The van der Waals surface area contributed by atoms with E-state index in [-0.39, 0.29) is 28.0 Å². The lowest BCUT2D eigenvalue weighted by molar-refractivity contribution is -0.119. The van der Waals surface area contributed by atoms with Gasteiger partial charge in [0, 0.05) is 24.8 Å². The molecule has 1 N–H and O–H groups in total. The fraction of sp³-hybridized carbons (Fsp3) is 0.364. The molecule has 2 aromatic carbocycles. The fourth-order valence-electron chi connectivity index (χ4n) is 3.72. The van der Waals surface area contributed by atoms with E-state index in [1.165, 1.54) is 28.6 Å². The molecular formula is C22H24F2N2O5S. The highest BCUT2D eigenvalue weighted by Gasteiger charge is 2.32. The summed E-state index contributed by atoms with van der Waals surface area (Å²) in [5.41, 5.74) is -0.0205. The van der Waals surface area contributed by atoms with Crippen LogP contribution >= 0.6 is 0 Å². The quantitative estimate of drug-likeness (QED) is 0.659. The molecule has 2 unspecified atom stereocenters. The van der Waals surface area contributed by atoms with Crippen molar-refractivity contribution < 1.29 is 31.5 Å². The molecule has 1 aliphatic rings. The van der Waals surface area contributed by atoms with Crippen LogP contribution in [0.3, 0.4) is 0 Å². The monoisotopic (exact) mass is 466 g/mol. The number of sulfonamides is 1. The summed E-state index contributed by atoms with van der Waals surface area (Å²) in [5, 5.41) is 2.28. The van der Waals surface area contributed by atoms with E-state index < -0.39 is 40.1 Å². The molecule has 10 heteroatoms. The lowest BCUT2D eigenvalue weighted by Gasteiger charge is -2.34. The van der Waals surface area contributed by atoms with Crippen LogP contribution < -0.4 is 5.32 Å². The normalized spacial score (nSPS) is 19.4. The summed E-state index contributed by atoms with van der Waals surface area (Å²) in [4.78, 5) is 24.2. The predicted octanol–water partition coefficient (Wildman–Crippen LogP) is 3.43. The van der Waals surface area contributed by atoms with Crippen molar-refractivity contribution in [2.24, 2.45) is 11.8 Å². The van der Waals surface area contributed by atoms with Gasteiger partial charge >= 0.3 is 5.97 Å². The van der Waals surface area contributed by atoms with E-state index in [1.54, 1.807) is 0 Å². The number of nitrogens with zero attached hydrogens (tertiary/aromatic N) is 1. The fourth-order valence-corrected chi connectivity index (χ4v) is 5.45. The van der Waals surface area contributed by atoms with E-state index in [4.69, 9.17) is 4.74 Å². The Balaban J connectivity index is 1.64. The van der Waals surface area contributed by atoms with E-state index in [1.807, 2.05) is 13.8 Å². The highest BCUT2D eigenvalue weighted by Crippen LogP contribution is 2.27. The summed E-state index contributed by atoms with van der Waals surface area (Å²) in [6.45, 7) is 4.13. The molecule has 0 radical (unpaired) electrons. The molecule has 0 spiro atoms. The molecule has 2 aromatic rings. The number of ether oxygens (including phenoxy) is 1. The third kappa shape index (κ3) is 5.68. The molecule has 1 fully saturated rings. The Labute approximate surface area is 185 Å². The van der Waals surface area contributed by atoms with Crippen molar-refractivity contribution >= 4 is 27.6 Å². The van der Waals surface area contributed by atoms with E-state index >= 15 is 0 Å². The van der Waals surface area contributed by atoms with Gasteiger partial charge in [0.1, 0.15) is 0 Å². The molecule has 0 saturated carbocycles. The van der Waals surface area contributed by atoms with Crippen LogP contribution in [0, 0.1) is 23.5 Å². The largest absolute Gasteiger partial charge is 0.452 e. The van der Waals surface area contributed by atoms with Gasteiger partial charge in [-0.2, -0.15) is 4.31 Å². The van der Waals surface area contributed by atoms with E-state index in [2.05, 4.69) is 5.32 Å². The number of hydrogen-bond acceptors (Lipinski definition) is 5. The van der Waals surface area contributed by atoms with Crippen molar-refractivity contribution in [2.75, 3.05) is 25.0 Å². The molecular weight excluding hydrogens is 442 g/mol. The van der Waals surface area contributed by atoms with Gasteiger partial charge in [0.05, 0.1) is 10.5 Å². The van der Waals surface area contributed by atoms with E-state index in [9.17, 15) is 26.8 Å². The molecule has 3 rings (SSSR count). The molecule has 2 atom stereocenters. The smallest absolute Gasteiger partial charge is 0.338 e. The molecule has 1 saturated heterocycles. The van der Waals surface area contributed by atoms with Gasteiger partial charge in [0.15, 0.2) is 18.2 Å². The summed E-state index contributed by atoms with van der Waals surface area (Å²) in [6, 6.07) is 8.26. The summed E-state index contributed by atoms with van der Waals surface area (Å²) in [7, 11) is -3.78. The van der Waals surface area contributed by atoms with Gasteiger partial charge in [0.2, 0.25) is 10.0 Å². The molecule has 172 valence electrons. The van der Waals surface area contributed by atoms with Crippen molar-refractivity contribution in [3.05, 3.63) is 59.7 Å². The van der Waals surface area contributed by atoms with Crippen LogP contribution in [0.25, 0.3) is 0 Å². The SMILES string of the molecule is CC1CC(C)CN(S(=O)(=O)c2cccc(C(=O)OCC(=O)Nc3ccc(F)c(F)c3)c2)C1. The summed E-state index contributed by atoms with van der Waals surface area (Å²) < 4.78 is 58.6. The maximum atomic E-state index is 13.2. The maximum absolute atomic E-state index is 13.2. The average Bonchev–Trinajstić information content (AvgIpc) is 2.74. The third-order valence-electron chi connectivity index (χ3n) is 5.08. The lowest BCUT2D eigenvalue weighted by atomic mass is 9.94. The number of amides is 1. The molecule has 1 heterocycles. The van der Waals surface area contributed by atoms with Crippen LogP contribution in [0.2, 0.25) is 0 Å². The van der Waals surface area contributed by atoms with Crippen molar-refractivity contribution in [3.63, 3.8) is 0 Å². The maximum Gasteiger partial charge on any atom is 0.338 e. The molecule has 32 heavy (non-hydrogen) atoms. The molecule has 0 aliphatic carbocycles. The zero-order chi connectivity index (χ0) is 23.5. The van der Waals surface area contributed by atoms with Gasteiger partial charge in [-0.05, 0) is 48.6 Å². The highest BCUT2D eigenvalue weighted by molar-refractivity contribution is 7.89. The van der Waals surface area contributed by atoms with Gasteiger partial charge in [0.25, 0.3) is 5.91 Å². The first-order chi connectivity index (χ1) is 15.1. The van der Waals surface area contributed by atoms with Crippen LogP contribution in [-0.4, -0.2) is 44.3 Å². The molecule has 1 aliphatic heterocycles. The number of piperidine rings is 1. The van der Waals surface area contributed by atoms with Gasteiger partial charge in [-0.15, -0.1) is 0 Å². The Morgan fingerprint density at radius 1 is 1.06 bits per heavy atom. The van der Waals surface area contributed by atoms with Crippen LogP contribution in [0.5, 0.6) is 0 Å². The van der Waals surface area contributed by atoms with Crippen molar-refractivity contribution in [3.8, 4) is 0 Å². The molecule has 0 bridgehead atoms. The van der Waals surface area contributed by atoms with Crippen LogP contribution in [0.15, 0.2) is 47.4 Å². The van der Waals surface area contributed by atoms with Crippen molar-refractivity contribution in [2.45, 2.75) is 25.2 Å². The third-order valence-corrected chi connectivity index (χ3v) is 6.91. The minimum absolute atomic E-state index is 0.00280. The minimum Gasteiger partial charge on any atom is -0.452 e. The molecule has 1 amide bonds. The van der Waals surface area contributed by atoms with Gasteiger partial charge < -0.3 is 10.1 Å². The van der Waals surface area contributed by atoms with Crippen molar-refractivity contribution in [1.29, 1.82) is 0 Å². The second-order valence-electron chi connectivity index (χ2n) is 8.05. The number of halogens is 2. The Bertz CT molecular complexity index is 1110. The number of esters is 1. The average molecular weight is 467 g/mol. The van der Waals surface area contributed by atoms with Gasteiger partial charge in [-0.25, -0.2) is 22.0 Å². The number of nitrogens with one attached hydrogen (secondary N) is 1. The van der Waals surface area contributed by atoms with E-state index in [0.29, 0.717) is 13.1 Å². The van der Waals surface area contributed by atoms with Gasteiger partial charge in [-0.3, -0.25) is 4.79 Å². The first kappa shape index (κ1) is 23.8. The van der Waals surface area contributed by atoms with Crippen LogP contribution in [0.1, 0.15) is 30.6 Å². The second kappa shape index (κ2) is 9.74. The van der Waals surface area contributed by atoms with Gasteiger partial charge in [-0.1, -0.05) is 19.9 Å². The summed E-state index contributed by atoms with van der Waals surface area (Å²) in [5.74, 6) is -3.37. The number of rotatable bonds is 6. The zero-order valence-electron chi connectivity index (χ0n) is 17.7. The molecule has 0 aromatic heterocycles. The van der Waals surface area contributed by atoms with E-state index in [0.717, 1.165) is 24.6 Å². The Morgan fingerprint density at radius 2 is 1.75 bits per heavy atom. The summed E-state index contributed by atoms with van der Waals surface area (Å²) in [6.07, 6.45) is 0.949. The second-order valence-corrected chi connectivity index (χ2v) is 9.99. The Morgan fingerprint density at radius 3 is 2.41 bits per heavy atom.